The minimum Gasteiger partial charge on any atom is -0.466 e. The maximum atomic E-state index is 12.5. The third-order valence-corrected chi connectivity index (χ3v) is 16.0. The van der Waals surface area contributed by atoms with Crippen molar-refractivity contribution in [2.45, 2.75) is 392 Å². The number of carbonyl (C=O) groups is 2. The molecule has 0 radical (unpaired) electrons. The summed E-state index contributed by atoms with van der Waals surface area (Å²) in [7, 11) is 0. The molecule has 0 bridgehead atoms. The second-order valence-electron chi connectivity index (χ2n) is 23.5. The van der Waals surface area contributed by atoms with Crippen LogP contribution in [-0.4, -0.2) is 47.4 Å². The van der Waals surface area contributed by atoms with E-state index < -0.39 is 12.1 Å². The molecule has 0 aromatic carbocycles. The fraction of sp³-hybridized carbons (Fsp3) is 0.913. The molecule has 6 heteroatoms. The van der Waals surface area contributed by atoms with Gasteiger partial charge in [-0.2, -0.15) is 0 Å². The van der Waals surface area contributed by atoms with E-state index >= 15 is 0 Å². The third kappa shape index (κ3) is 61.4. The first kappa shape index (κ1) is 73.3. The van der Waals surface area contributed by atoms with Gasteiger partial charge in [0, 0.05) is 12.8 Å². The number of amides is 1. The van der Waals surface area contributed by atoms with Gasteiger partial charge in [0.15, 0.2) is 0 Å². The number of nitrogens with one attached hydrogen (secondary N) is 1. The largest absolute Gasteiger partial charge is 0.466 e. The van der Waals surface area contributed by atoms with Gasteiger partial charge in [0.25, 0.3) is 0 Å². The standard InChI is InChI=1S/C69H133NO5/c1-3-5-7-9-11-13-15-17-19-20-31-34-37-41-45-49-53-57-61-67(72)66(65-71)70-68(73)62-58-54-50-46-42-38-35-32-29-27-25-23-21-22-24-26-28-30-33-36-40-44-48-52-56-60-64-75-69(74)63-59-55-51-47-43-39-18-16-14-12-10-8-6-4-2/h21,23,57,61,66-67,71-72H,3-20,22,24-56,58-60,62-65H2,1-2H3,(H,70,73)/b23-21-,61-57+. The van der Waals surface area contributed by atoms with Gasteiger partial charge in [0.1, 0.15) is 0 Å². The number of rotatable bonds is 64. The van der Waals surface area contributed by atoms with Gasteiger partial charge < -0.3 is 20.3 Å². The van der Waals surface area contributed by atoms with Crippen LogP contribution in [0.5, 0.6) is 0 Å². The second kappa shape index (κ2) is 64.9. The number of hydrogen-bond acceptors (Lipinski definition) is 5. The van der Waals surface area contributed by atoms with Crippen molar-refractivity contribution >= 4 is 11.9 Å². The van der Waals surface area contributed by atoms with Crippen LogP contribution in [0.3, 0.4) is 0 Å². The number of esters is 1. The average Bonchev–Trinajstić information content (AvgIpc) is 3.41. The van der Waals surface area contributed by atoms with Gasteiger partial charge in [-0.1, -0.05) is 334 Å². The van der Waals surface area contributed by atoms with Gasteiger partial charge in [-0.25, -0.2) is 0 Å². The van der Waals surface area contributed by atoms with Gasteiger partial charge in [0.2, 0.25) is 5.91 Å². The first-order valence-corrected chi connectivity index (χ1v) is 34.1. The normalized spacial score (nSPS) is 12.6. The van der Waals surface area contributed by atoms with E-state index in [0.717, 1.165) is 38.5 Å². The first-order valence-electron chi connectivity index (χ1n) is 34.1. The Kier molecular flexibility index (Phi) is 63.4. The van der Waals surface area contributed by atoms with E-state index in [1.165, 1.54) is 315 Å². The number of carbonyl (C=O) groups excluding carboxylic acids is 2. The van der Waals surface area contributed by atoms with Crippen molar-refractivity contribution in [1.82, 2.24) is 5.32 Å². The van der Waals surface area contributed by atoms with E-state index in [-0.39, 0.29) is 18.5 Å². The lowest BCUT2D eigenvalue weighted by Gasteiger charge is -2.20. The molecule has 2 unspecified atom stereocenters. The molecule has 1 amide bonds. The number of ether oxygens (including phenoxy) is 1. The predicted octanol–water partition coefficient (Wildman–Crippen LogP) is 21.8. The van der Waals surface area contributed by atoms with E-state index in [4.69, 9.17) is 4.74 Å². The van der Waals surface area contributed by atoms with Gasteiger partial charge >= 0.3 is 5.97 Å². The monoisotopic (exact) mass is 1060 g/mol. The summed E-state index contributed by atoms with van der Waals surface area (Å²) in [5.74, 6) is -0.0499. The lowest BCUT2D eigenvalue weighted by Crippen LogP contribution is -2.45. The van der Waals surface area contributed by atoms with Crippen LogP contribution in [0.1, 0.15) is 380 Å². The first-order chi connectivity index (χ1) is 37.0. The number of unbranched alkanes of at least 4 members (excludes halogenated alkanes) is 51. The Bertz CT molecular complexity index is 1170. The van der Waals surface area contributed by atoms with E-state index in [0.29, 0.717) is 19.4 Å². The smallest absolute Gasteiger partial charge is 0.305 e. The van der Waals surface area contributed by atoms with Crippen molar-refractivity contribution in [1.29, 1.82) is 0 Å². The van der Waals surface area contributed by atoms with Gasteiger partial charge in [-0.3, -0.25) is 9.59 Å². The maximum absolute atomic E-state index is 12.5. The average molecular weight is 1060 g/mol. The summed E-state index contributed by atoms with van der Waals surface area (Å²) in [5.41, 5.74) is 0. The Morgan fingerprint density at radius 2 is 0.627 bits per heavy atom. The summed E-state index contributed by atoms with van der Waals surface area (Å²) in [4.78, 5) is 24.6. The number of hydrogen-bond donors (Lipinski definition) is 3. The topological polar surface area (TPSA) is 95.9 Å². The molecule has 0 heterocycles. The van der Waals surface area contributed by atoms with E-state index in [2.05, 4.69) is 31.3 Å². The van der Waals surface area contributed by atoms with E-state index in [1.807, 2.05) is 6.08 Å². The predicted molar refractivity (Wildman–Crippen MR) is 329 cm³/mol. The van der Waals surface area contributed by atoms with Crippen LogP contribution in [0.4, 0.5) is 0 Å². The van der Waals surface area contributed by atoms with Crippen molar-refractivity contribution < 1.29 is 24.5 Å². The van der Waals surface area contributed by atoms with Crippen molar-refractivity contribution in [2.24, 2.45) is 0 Å². The van der Waals surface area contributed by atoms with Crippen LogP contribution in [-0.2, 0) is 14.3 Å². The molecule has 0 aliphatic heterocycles. The molecule has 0 aromatic rings. The van der Waals surface area contributed by atoms with Crippen LogP contribution in [0.2, 0.25) is 0 Å². The second-order valence-corrected chi connectivity index (χ2v) is 23.5. The fourth-order valence-corrected chi connectivity index (χ4v) is 10.7. The summed E-state index contributed by atoms with van der Waals surface area (Å²) in [6.45, 7) is 4.94. The zero-order valence-corrected chi connectivity index (χ0v) is 50.8. The molecule has 6 nitrogen and oxygen atoms in total. The van der Waals surface area contributed by atoms with Crippen molar-refractivity contribution in [2.75, 3.05) is 13.2 Å². The van der Waals surface area contributed by atoms with Crippen LogP contribution >= 0.6 is 0 Å². The summed E-state index contributed by atoms with van der Waals surface area (Å²) in [6, 6.07) is -0.629. The Labute approximate surface area is 469 Å². The minimum atomic E-state index is -0.846. The van der Waals surface area contributed by atoms with Crippen molar-refractivity contribution in [3.05, 3.63) is 24.3 Å². The molecule has 0 aliphatic rings. The highest BCUT2D eigenvalue weighted by Crippen LogP contribution is 2.18. The van der Waals surface area contributed by atoms with Crippen molar-refractivity contribution in [3.63, 3.8) is 0 Å². The molecule has 0 spiro atoms. The molecule has 444 valence electrons. The molecule has 0 saturated carbocycles. The van der Waals surface area contributed by atoms with Crippen LogP contribution in [0.15, 0.2) is 24.3 Å². The molecule has 75 heavy (non-hydrogen) atoms. The molecule has 3 N–H and O–H groups in total. The molecule has 0 fully saturated rings. The van der Waals surface area contributed by atoms with Gasteiger partial charge in [0.05, 0.1) is 25.4 Å². The van der Waals surface area contributed by atoms with Crippen LogP contribution in [0, 0.1) is 0 Å². The summed E-state index contributed by atoms with van der Waals surface area (Å²) >= 11 is 0. The minimum absolute atomic E-state index is 0.0168. The Morgan fingerprint density at radius 1 is 0.360 bits per heavy atom. The number of aliphatic hydroxyl groups excluding tert-OH is 2. The fourth-order valence-electron chi connectivity index (χ4n) is 10.7. The highest BCUT2D eigenvalue weighted by Gasteiger charge is 2.18. The zero-order chi connectivity index (χ0) is 54.3. The molecule has 2 atom stereocenters. The zero-order valence-electron chi connectivity index (χ0n) is 50.8. The number of aliphatic hydroxyl groups is 2. The lowest BCUT2D eigenvalue weighted by atomic mass is 10.0. The van der Waals surface area contributed by atoms with Crippen LogP contribution < -0.4 is 5.32 Å². The Balaban J connectivity index is 3.40. The summed E-state index contributed by atoms with van der Waals surface area (Å²) < 4.78 is 5.49. The summed E-state index contributed by atoms with van der Waals surface area (Å²) in [5, 5.41) is 23.2. The molecular weight excluding hydrogens is 923 g/mol. The van der Waals surface area contributed by atoms with Crippen LogP contribution in [0.25, 0.3) is 0 Å². The molecule has 0 saturated heterocycles. The highest BCUT2D eigenvalue weighted by atomic mass is 16.5. The SMILES string of the molecule is CCCCCCCCCCCCCCCCCC/C=C/C(O)C(CO)NC(=O)CCCCCCCCCCCC/C=C\CCCCCCCCCCCCCCOC(=O)CCCCCCCCCCCCCCCC. The highest BCUT2D eigenvalue weighted by molar-refractivity contribution is 5.76. The number of allylic oxidation sites excluding steroid dienone is 3. The van der Waals surface area contributed by atoms with E-state index in [9.17, 15) is 19.8 Å². The molecule has 0 aliphatic carbocycles. The third-order valence-electron chi connectivity index (χ3n) is 16.0. The quantitative estimate of drug-likeness (QED) is 0.0320. The Morgan fingerprint density at radius 3 is 0.947 bits per heavy atom. The maximum Gasteiger partial charge on any atom is 0.305 e. The van der Waals surface area contributed by atoms with E-state index in [1.54, 1.807) is 6.08 Å². The molecular formula is C69H133NO5. The Hall–Kier alpha value is -1.66. The molecule has 0 aromatic heterocycles. The molecule has 0 rings (SSSR count). The van der Waals surface area contributed by atoms with Crippen molar-refractivity contribution in [3.8, 4) is 0 Å². The summed E-state index contributed by atoms with van der Waals surface area (Å²) in [6.07, 6.45) is 81.0. The van der Waals surface area contributed by atoms with Gasteiger partial charge in [-0.05, 0) is 57.8 Å². The van der Waals surface area contributed by atoms with Gasteiger partial charge in [-0.15, -0.1) is 0 Å². The lowest BCUT2D eigenvalue weighted by molar-refractivity contribution is -0.143.